The molecule has 20 heavy (non-hydrogen) atoms. The number of phenols is 1. The van der Waals surface area contributed by atoms with Gasteiger partial charge in [0.05, 0.1) is 16.8 Å². The van der Waals surface area contributed by atoms with Gasteiger partial charge in [0.1, 0.15) is 5.75 Å². The van der Waals surface area contributed by atoms with Crippen LogP contribution in [-0.4, -0.2) is 26.9 Å². The largest absolute Gasteiger partial charge is 0.508 e. The topological polar surface area (TPSA) is 82.5 Å². The molecule has 1 aromatic carbocycles. The molecule has 0 aliphatic carbocycles. The van der Waals surface area contributed by atoms with Gasteiger partial charge in [0.2, 0.25) is 0 Å². The molecule has 3 rings (SSSR count). The summed E-state index contributed by atoms with van der Waals surface area (Å²) in [6.45, 7) is 0. The van der Waals surface area contributed by atoms with E-state index in [4.69, 9.17) is 0 Å². The van der Waals surface area contributed by atoms with Crippen molar-refractivity contribution in [2.24, 2.45) is 0 Å². The summed E-state index contributed by atoms with van der Waals surface area (Å²) >= 11 is 0. The molecule has 0 saturated heterocycles. The monoisotopic (exact) mass is 291 g/mol. The number of nitrogens with zero attached hydrogens (tertiary/aromatic N) is 2. The summed E-state index contributed by atoms with van der Waals surface area (Å²) in [4.78, 5) is 28.0. The molecule has 102 valence electrons. The number of hydrogen-bond acceptors (Lipinski definition) is 5. The Kier molecular flexibility index (Phi) is 3.58. The van der Waals surface area contributed by atoms with Crippen molar-refractivity contribution in [2.45, 2.75) is 0 Å². The van der Waals surface area contributed by atoms with E-state index in [1.54, 1.807) is 24.5 Å². The highest BCUT2D eigenvalue weighted by Crippen LogP contribution is 2.26. The maximum Gasteiger partial charge on any atom is 0.280 e. The van der Waals surface area contributed by atoms with Crippen LogP contribution in [0.15, 0.2) is 42.7 Å². The summed E-state index contributed by atoms with van der Waals surface area (Å²) in [6.07, 6.45) is 3.10. The van der Waals surface area contributed by atoms with Crippen molar-refractivity contribution in [3.05, 3.63) is 53.9 Å². The molecule has 0 unspecified atom stereocenters. The molecule has 0 saturated carbocycles. The lowest BCUT2D eigenvalue weighted by molar-refractivity contribution is 0.0691. The number of hydrazine groups is 1. The Morgan fingerprint density at radius 3 is 2.35 bits per heavy atom. The molecule has 6 nitrogen and oxygen atoms in total. The molecule has 2 N–H and O–H groups in total. The third-order valence-corrected chi connectivity index (χ3v) is 2.79. The van der Waals surface area contributed by atoms with Gasteiger partial charge in [-0.2, -0.15) is 5.01 Å². The van der Waals surface area contributed by atoms with E-state index in [-0.39, 0.29) is 29.3 Å². The number of fused-ring (bicyclic) bond motifs is 1. The number of carbonyl (C=O) groups is 2. The first-order valence-corrected chi connectivity index (χ1v) is 5.55. The summed E-state index contributed by atoms with van der Waals surface area (Å²) in [5, 5.41) is 10.3. The van der Waals surface area contributed by atoms with E-state index in [1.165, 1.54) is 18.2 Å². The van der Waals surface area contributed by atoms with Gasteiger partial charge in [-0.25, -0.2) is 0 Å². The minimum absolute atomic E-state index is 0. The van der Waals surface area contributed by atoms with Crippen LogP contribution in [0.3, 0.4) is 0 Å². The van der Waals surface area contributed by atoms with Crippen molar-refractivity contribution >= 4 is 29.9 Å². The second kappa shape index (κ2) is 5.18. The van der Waals surface area contributed by atoms with E-state index in [1.807, 2.05) is 0 Å². The number of phenolic OH excluding ortho intramolecular Hbond substituents is 1. The molecule has 2 amide bonds. The third kappa shape index (κ3) is 2.17. The van der Waals surface area contributed by atoms with Crippen LogP contribution in [0.5, 0.6) is 5.75 Å². The molecule has 1 aromatic heterocycles. The van der Waals surface area contributed by atoms with Crippen LogP contribution in [0.1, 0.15) is 20.7 Å². The highest BCUT2D eigenvalue weighted by Gasteiger charge is 2.36. The maximum absolute atomic E-state index is 12.1. The fraction of sp³-hybridized carbons (Fsp3) is 0. The van der Waals surface area contributed by atoms with Crippen molar-refractivity contribution in [3.8, 4) is 5.75 Å². The number of aromatic hydroxyl groups is 1. The quantitative estimate of drug-likeness (QED) is 0.825. The summed E-state index contributed by atoms with van der Waals surface area (Å²) in [6, 6.07) is 7.37. The van der Waals surface area contributed by atoms with E-state index < -0.39 is 11.8 Å². The molecule has 0 atom stereocenters. The van der Waals surface area contributed by atoms with Crippen molar-refractivity contribution < 1.29 is 14.7 Å². The molecule has 1 aliphatic rings. The van der Waals surface area contributed by atoms with Crippen molar-refractivity contribution in [1.29, 1.82) is 0 Å². The molecule has 0 fully saturated rings. The zero-order valence-corrected chi connectivity index (χ0v) is 10.9. The lowest BCUT2D eigenvalue weighted by Gasteiger charge is -2.15. The fourth-order valence-corrected chi connectivity index (χ4v) is 1.89. The predicted molar refractivity (Wildman–Crippen MR) is 73.7 cm³/mol. The van der Waals surface area contributed by atoms with Crippen LogP contribution in [0.4, 0.5) is 5.69 Å². The zero-order chi connectivity index (χ0) is 13.4. The minimum atomic E-state index is -0.493. The van der Waals surface area contributed by atoms with Gasteiger partial charge in [-0.05, 0) is 30.3 Å². The van der Waals surface area contributed by atoms with E-state index >= 15 is 0 Å². The van der Waals surface area contributed by atoms with Crippen LogP contribution in [0.2, 0.25) is 0 Å². The number of amides is 2. The van der Waals surface area contributed by atoms with Crippen molar-refractivity contribution in [1.82, 2.24) is 9.99 Å². The third-order valence-electron chi connectivity index (χ3n) is 2.79. The first kappa shape index (κ1) is 13.8. The van der Waals surface area contributed by atoms with Crippen molar-refractivity contribution in [3.63, 3.8) is 0 Å². The molecule has 2 aromatic rings. The smallest absolute Gasteiger partial charge is 0.280 e. The van der Waals surface area contributed by atoms with Crippen LogP contribution >= 0.6 is 12.4 Å². The van der Waals surface area contributed by atoms with E-state index in [2.05, 4.69) is 10.4 Å². The van der Waals surface area contributed by atoms with Crippen LogP contribution in [0.25, 0.3) is 0 Å². The Labute approximate surface area is 120 Å². The number of carbonyl (C=O) groups excluding carboxylic acids is 2. The van der Waals surface area contributed by atoms with Crippen molar-refractivity contribution in [2.75, 3.05) is 5.43 Å². The van der Waals surface area contributed by atoms with Gasteiger partial charge in [0, 0.05) is 12.4 Å². The number of pyridine rings is 1. The molecule has 1 aliphatic heterocycles. The lowest BCUT2D eigenvalue weighted by Crippen LogP contribution is -2.35. The van der Waals surface area contributed by atoms with Gasteiger partial charge < -0.3 is 5.11 Å². The number of halogens is 1. The molecule has 0 bridgehead atoms. The molecule has 0 spiro atoms. The minimum Gasteiger partial charge on any atom is -0.508 e. The Morgan fingerprint density at radius 2 is 1.65 bits per heavy atom. The normalized spacial score (nSPS) is 12.9. The Balaban J connectivity index is 0.00000147. The number of nitrogens with one attached hydrogen (secondary N) is 1. The summed E-state index contributed by atoms with van der Waals surface area (Å²) in [5.74, 6) is -0.991. The fourth-order valence-electron chi connectivity index (χ4n) is 1.89. The highest BCUT2D eigenvalue weighted by molar-refractivity contribution is 6.22. The van der Waals surface area contributed by atoms with Gasteiger partial charge >= 0.3 is 0 Å². The van der Waals surface area contributed by atoms with Crippen LogP contribution in [-0.2, 0) is 0 Å². The average molecular weight is 292 g/mol. The number of aromatic nitrogens is 1. The number of hydrogen-bond donors (Lipinski definition) is 2. The zero-order valence-electron chi connectivity index (χ0n) is 10.1. The van der Waals surface area contributed by atoms with E-state index in [9.17, 15) is 14.7 Å². The first-order chi connectivity index (χ1) is 9.16. The van der Waals surface area contributed by atoms with Gasteiger partial charge in [0.15, 0.2) is 0 Å². The maximum atomic E-state index is 12.1. The van der Waals surface area contributed by atoms with E-state index in [0.717, 1.165) is 5.01 Å². The molecular weight excluding hydrogens is 282 g/mol. The standard InChI is InChI=1S/C13H9N3O3.ClH/c17-9-1-2-10-11(7-9)13(19)16(12(10)18)15-8-3-5-14-6-4-8;/h1-7,17H,(H,14,15);1H. The highest BCUT2D eigenvalue weighted by atomic mass is 35.5. The lowest BCUT2D eigenvalue weighted by atomic mass is 10.1. The summed E-state index contributed by atoms with van der Waals surface area (Å²) in [5.41, 5.74) is 3.75. The van der Waals surface area contributed by atoms with Gasteiger partial charge in [-0.1, -0.05) is 0 Å². The molecular formula is C13H10ClN3O3. The SMILES string of the molecule is Cl.O=C1c2ccc(O)cc2C(=O)N1Nc1ccncc1. The van der Waals surface area contributed by atoms with Crippen LogP contribution < -0.4 is 5.43 Å². The molecule has 2 heterocycles. The molecule has 0 radical (unpaired) electrons. The second-order valence-electron chi connectivity index (χ2n) is 4.02. The van der Waals surface area contributed by atoms with Crippen LogP contribution in [0, 0.1) is 0 Å². The number of benzene rings is 1. The average Bonchev–Trinajstić information content (AvgIpc) is 2.65. The number of anilines is 1. The predicted octanol–water partition coefficient (Wildman–Crippen LogP) is 1.83. The van der Waals surface area contributed by atoms with Gasteiger partial charge in [-0.3, -0.25) is 20.0 Å². The summed E-state index contributed by atoms with van der Waals surface area (Å²) in [7, 11) is 0. The Morgan fingerprint density at radius 1 is 1.00 bits per heavy atom. The molecule has 7 heteroatoms. The Bertz CT molecular complexity index is 676. The summed E-state index contributed by atoms with van der Waals surface area (Å²) < 4.78 is 0. The van der Waals surface area contributed by atoms with Gasteiger partial charge in [-0.15, -0.1) is 12.4 Å². The Hall–Kier alpha value is -2.60. The number of rotatable bonds is 2. The van der Waals surface area contributed by atoms with Gasteiger partial charge in [0.25, 0.3) is 11.8 Å². The first-order valence-electron chi connectivity index (χ1n) is 5.55. The van der Waals surface area contributed by atoms with E-state index in [0.29, 0.717) is 5.69 Å². The number of imide groups is 1. The second-order valence-corrected chi connectivity index (χ2v) is 4.02.